The quantitative estimate of drug-likeness (QED) is 0.181. The molecule has 0 aliphatic rings. The highest BCUT2D eigenvalue weighted by molar-refractivity contribution is 6.26. The van der Waals surface area contributed by atoms with Crippen LogP contribution in [0.25, 0.3) is 98.4 Å². The van der Waals surface area contributed by atoms with Crippen LogP contribution in [0.5, 0.6) is 0 Å². The van der Waals surface area contributed by atoms with Crippen molar-refractivity contribution in [3.8, 4) is 33.4 Å². The molecule has 0 N–H and O–H groups in total. The highest BCUT2D eigenvalue weighted by Gasteiger charge is 2.20. The summed E-state index contributed by atoms with van der Waals surface area (Å²) in [6, 6.07) is 18.1. The summed E-state index contributed by atoms with van der Waals surface area (Å²) in [4.78, 5) is 0. The SMILES string of the molecule is [2H]c1c([2H])c([2H])c2c(oc3c(-c4c([2H])c([2H])c5c(-c6cccc7ccccc67)c6c([2H])c([2H])c([2H])c([2H])c6c(-c6cccc7ccccc67)c5c4[2H])c([2H])c([2H])c([2H])c32)c1[2H]. The molecule has 0 saturated carbocycles. The first-order valence-electron chi connectivity index (χ1n) is 22.1. The van der Waals surface area contributed by atoms with Crippen molar-refractivity contribution >= 4 is 65.0 Å². The number of rotatable bonds is 3. The van der Waals surface area contributed by atoms with E-state index in [9.17, 15) is 8.22 Å². The van der Waals surface area contributed by atoms with Crippen LogP contribution in [-0.2, 0) is 0 Å². The molecule has 1 heterocycles. The highest BCUT2D eigenvalue weighted by atomic mass is 16.3. The van der Waals surface area contributed by atoms with Gasteiger partial charge in [0.15, 0.2) is 0 Å². The van der Waals surface area contributed by atoms with Crippen LogP contribution in [0.4, 0.5) is 0 Å². The molecule has 0 radical (unpaired) electrons. The van der Waals surface area contributed by atoms with Gasteiger partial charge in [-0.15, -0.1) is 0 Å². The van der Waals surface area contributed by atoms with Crippen LogP contribution < -0.4 is 0 Å². The summed E-state index contributed by atoms with van der Waals surface area (Å²) in [5, 5.41) is 2.67. The summed E-state index contributed by atoms with van der Waals surface area (Å²) in [6.45, 7) is 0. The van der Waals surface area contributed by atoms with Crippen molar-refractivity contribution in [2.75, 3.05) is 0 Å². The number of hydrogen-bond donors (Lipinski definition) is 0. The Morgan fingerprint density at radius 2 is 0.936 bits per heavy atom. The maximum absolute atomic E-state index is 10.3. The topological polar surface area (TPSA) is 13.1 Å². The molecule has 0 bridgehead atoms. The molecule has 0 saturated heterocycles. The Labute approximate surface area is 291 Å². The van der Waals surface area contributed by atoms with Crippen LogP contribution in [0.15, 0.2) is 174 Å². The third-order valence-corrected chi connectivity index (χ3v) is 8.80. The monoisotopic (exact) mass is 610 g/mol. The second-order valence-electron chi connectivity index (χ2n) is 11.3. The van der Waals surface area contributed by atoms with E-state index in [0.29, 0.717) is 21.9 Å². The zero-order valence-electron chi connectivity index (χ0n) is 38.5. The van der Waals surface area contributed by atoms with Gasteiger partial charge in [-0.2, -0.15) is 0 Å². The van der Waals surface area contributed by atoms with Gasteiger partial charge in [-0.3, -0.25) is 0 Å². The van der Waals surface area contributed by atoms with Crippen molar-refractivity contribution in [3.05, 3.63) is 170 Å². The Hall–Kier alpha value is -6.18. The van der Waals surface area contributed by atoms with E-state index < -0.39 is 78.6 Å². The summed E-state index contributed by atoms with van der Waals surface area (Å²) in [5.74, 6) is 0. The van der Waals surface area contributed by atoms with Gasteiger partial charge >= 0.3 is 0 Å². The van der Waals surface area contributed by atoms with Crippen LogP contribution in [0.3, 0.4) is 0 Å². The van der Waals surface area contributed by atoms with E-state index in [2.05, 4.69) is 0 Å². The van der Waals surface area contributed by atoms with Crippen molar-refractivity contribution < 1.29 is 23.6 Å². The first-order valence-corrected chi connectivity index (χ1v) is 15.1. The minimum atomic E-state index is -0.665. The third-order valence-electron chi connectivity index (χ3n) is 8.80. The number of furan rings is 1. The fourth-order valence-electron chi connectivity index (χ4n) is 6.77. The van der Waals surface area contributed by atoms with E-state index in [4.69, 9.17) is 15.4 Å². The molecule has 10 aromatic rings. The minimum absolute atomic E-state index is 0.0159. The predicted octanol–water partition coefficient (Wildman–Crippen LogP) is 13.2. The van der Waals surface area contributed by atoms with Crippen LogP contribution >= 0.6 is 0 Å². The van der Waals surface area contributed by atoms with Gasteiger partial charge in [0.25, 0.3) is 0 Å². The molecule has 0 spiro atoms. The second-order valence-corrected chi connectivity index (χ2v) is 11.3. The van der Waals surface area contributed by atoms with Crippen LogP contribution in [0, 0.1) is 0 Å². The van der Waals surface area contributed by atoms with Crippen LogP contribution in [0.2, 0.25) is 0 Å². The summed E-state index contributed by atoms with van der Waals surface area (Å²) in [5.41, 5.74) is -0.0690. The molecule has 1 aromatic heterocycles. The van der Waals surface area contributed by atoms with Crippen molar-refractivity contribution in [3.63, 3.8) is 0 Å². The third kappa shape index (κ3) is 3.90. The van der Waals surface area contributed by atoms with E-state index in [-0.39, 0.29) is 71.8 Å². The lowest BCUT2D eigenvalue weighted by Crippen LogP contribution is -1.93. The minimum Gasteiger partial charge on any atom is -0.455 e. The molecule has 0 amide bonds. The maximum atomic E-state index is 10.3. The van der Waals surface area contributed by atoms with E-state index in [0.717, 1.165) is 10.8 Å². The molecule has 0 unspecified atom stereocenters. The Balaban J connectivity index is 1.53. The highest BCUT2D eigenvalue weighted by Crippen LogP contribution is 2.48. The lowest BCUT2D eigenvalue weighted by molar-refractivity contribution is 0.670. The molecular weight excluding hydrogens is 569 g/mol. The zero-order chi connectivity index (χ0) is 43.1. The fourth-order valence-corrected chi connectivity index (χ4v) is 6.77. The van der Waals surface area contributed by atoms with Crippen LogP contribution in [-0.4, -0.2) is 0 Å². The normalized spacial score (nSPS) is 16.0. The van der Waals surface area contributed by atoms with Crippen molar-refractivity contribution in [1.82, 2.24) is 0 Å². The molecular formula is C46H28O. The molecule has 0 aliphatic heterocycles. The Bertz CT molecular complexity index is 3640. The second kappa shape index (κ2) is 10.2. The average Bonchev–Trinajstić information content (AvgIpc) is 3.68. The van der Waals surface area contributed by atoms with Gasteiger partial charge in [-0.05, 0) is 83.0 Å². The number of para-hydroxylation sites is 2. The summed E-state index contributed by atoms with van der Waals surface area (Å²) >= 11 is 0. The molecule has 0 fully saturated rings. The summed E-state index contributed by atoms with van der Waals surface area (Å²) in [7, 11) is 0. The smallest absolute Gasteiger partial charge is 0.143 e. The van der Waals surface area contributed by atoms with Gasteiger partial charge in [0, 0.05) is 16.3 Å². The molecule has 218 valence electrons. The molecule has 0 atom stereocenters. The van der Waals surface area contributed by atoms with Gasteiger partial charge in [0.1, 0.15) is 11.2 Å². The zero-order valence-corrected chi connectivity index (χ0v) is 24.5. The first kappa shape index (κ1) is 15.9. The molecule has 1 nitrogen and oxygen atoms in total. The van der Waals surface area contributed by atoms with Crippen LogP contribution in [0.1, 0.15) is 19.2 Å². The standard InChI is InChI=1S/C46H28O/c1-3-16-32-29(12-1)14-9-22-36(32)44-38-19-5-6-20-39(38)45(37-23-10-15-30-13-2-4-17-33(30)37)42-28-31(26-27-40(42)44)34-21-11-24-41-35-18-7-8-25-43(35)47-46(34)41/h1-28H/i5D,6D,7D,8D,11D,18D,19D,20D,21D,24D,25D,26D,27D,28D. The van der Waals surface area contributed by atoms with Gasteiger partial charge in [0.05, 0.1) is 19.2 Å². The number of hydrogen-bond acceptors (Lipinski definition) is 1. The van der Waals surface area contributed by atoms with E-state index in [1.54, 1.807) is 24.3 Å². The van der Waals surface area contributed by atoms with Crippen molar-refractivity contribution in [2.45, 2.75) is 0 Å². The molecule has 1 heteroatoms. The van der Waals surface area contributed by atoms with Crippen molar-refractivity contribution in [1.29, 1.82) is 0 Å². The van der Waals surface area contributed by atoms with Gasteiger partial charge in [-0.25, -0.2) is 0 Å². The first-order chi connectivity index (χ1) is 29.2. The Morgan fingerprint density at radius 3 is 1.64 bits per heavy atom. The van der Waals surface area contributed by atoms with E-state index >= 15 is 0 Å². The van der Waals surface area contributed by atoms with Gasteiger partial charge in [0.2, 0.25) is 0 Å². The lowest BCUT2D eigenvalue weighted by atomic mass is 9.83. The molecule has 10 rings (SSSR count). The van der Waals surface area contributed by atoms with Gasteiger partial charge < -0.3 is 4.42 Å². The molecule has 47 heavy (non-hydrogen) atoms. The van der Waals surface area contributed by atoms with E-state index in [1.807, 2.05) is 60.7 Å². The number of benzene rings is 9. The Kier molecular flexibility index (Phi) is 3.44. The number of fused-ring (bicyclic) bond motifs is 7. The maximum Gasteiger partial charge on any atom is 0.143 e. The van der Waals surface area contributed by atoms with Crippen molar-refractivity contribution in [2.24, 2.45) is 0 Å². The average molecular weight is 611 g/mol. The van der Waals surface area contributed by atoms with E-state index in [1.165, 1.54) is 0 Å². The lowest BCUT2D eigenvalue weighted by Gasteiger charge is -2.20. The summed E-state index contributed by atoms with van der Waals surface area (Å²) < 4.78 is 134. The fraction of sp³-hybridized carbons (Fsp3) is 0. The Morgan fingerprint density at radius 1 is 0.383 bits per heavy atom. The van der Waals surface area contributed by atoms with Gasteiger partial charge in [-0.1, -0.05) is 157 Å². The molecule has 9 aromatic carbocycles. The summed E-state index contributed by atoms with van der Waals surface area (Å²) in [6.07, 6.45) is 0. The molecule has 0 aliphatic carbocycles. The predicted molar refractivity (Wildman–Crippen MR) is 200 cm³/mol. The largest absolute Gasteiger partial charge is 0.455 e.